The molecule has 9 heteroatoms. The zero-order valence-corrected chi connectivity index (χ0v) is 20.7. The zero-order chi connectivity index (χ0) is 25.7. The van der Waals surface area contributed by atoms with E-state index in [9.17, 15) is 15.2 Å². The summed E-state index contributed by atoms with van der Waals surface area (Å²) in [4.78, 5) is 30.2. The van der Waals surface area contributed by atoms with Crippen molar-refractivity contribution in [1.82, 2.24) is 24.8 Å². The van der Waals surface area contributed by atoms with Crippen molar-refractivity contribution in [3.8, 4) is 23.1 Å². The molecule has 1 aliphatic heterocycles. The summed E-state index contributed by atoms with van der Waals surface area (Å²) in [5.41, 5.74) is 3.36. The predicted molar refractivity (Wildman–Crippen MR) is 134 cm³/mol. The molecule has 0 bridgehead atoms. The minimum atomic E-state index is -0.365. The van der Waals surface area contributed by atoms with Gasteiger partial charge in [-0.2, -0.15) is 5.26 Å². The fourth-order valence-electron chi connectivity index (χ4n) is 4.34. The molecule has 4 rings (SSSR count). The van der Waals surface area contributed by atoms with E-state index in [1.54, 1.807) is 47.8 Å². The quantitative estimate of drug-likeness (QED) is 0.542. The molecule has 36 heavy (non-hydrogen) atoms. The van der Waals surface area contributed by atoms with Crippen molar-refractivity contribution in [1.29, 1.82) is 5.26 Å². The molecule has 0 fully saturated rings. The molecule has 1 N–H and O–H groups in total. The van der Waals surface area contributed by atoms with Crippen LogP contribution in [0.1, 0.15) is 35.3 Å². The first-order valence-electron chi connectivity index (χ1n) is 11.9. The molecule has 0 saturated carbocycles. The van der Waals surface area contributed by atoms with Gasteiger partial charge < -0.3 is 14.7 Å². The Balaban J connectivity index is 1.67. The van der Waals surface area contributed by atoms with Gasteiger partial charge in [0.25, 0.3) is 5.91 Å². The second-order valence-corrected chi connectivity index (χ2v) is 9.34. The molecule has 1 aliphatic rings. The monoisotopic (exact) mass is 486 g/mol. The maximum atomic E-state index is 13.6. The number of aliphatic hydroxyl groups is 1. The molecule has 0 saturated heterocycles. The van der Waals surface area contributed by atoms with E-state index >= 15 is 0 Å². The molecule has 3 atom stereocenters. The Hall–Kier alpha value is -3.87. The van der Waals surface area contributed by atoms with Crippen LogP contribution in [-0.4, -0.2) is 74.7 Å². The van der Waals surface area contributed by atoms with E-state index in [2.05, 4.69) is 25.9 Å². The highest BCUT2D eigenvalue weighted by Gasteiger charge is 2.34. The largest absolute Gasteiger partial charge is 0.472 e. The number of ether oxygens (including phenoxy) is 1. The normalized spacial score (nSPS) is 18.6. The van der Waals surface area contributed by atoms with Crippen LogP contribution >= 0.6 is 0 Å². The van der Waals surface area contributed by atoms with Gasteiger partial charge in [0.05, 0.1) is 24.3 Å². The van der Waals surface area contributed by atoms with Crippen molar-refractivity contribution in [3.63, 3.8) is 0 Å². The predicted octanol–water partition coefficient (Wildman–Crippen LogP) is 2.76. The van der Waals surface area contributed by atoms with Crippen LogP contribution in [0.5, 0.6) is 5.88 Å². The Bertz CT molecular complexity index is 1250. The van der Waals surface area contributed by atoms with Crippen LogP contribution in [0, 0.1) is 17.2 Å². The van der Waals surface area contributed by atoms with Crippen molar-refractivity contribution < 1.29 is 14.6 Å². The summed E-state index contributed by atoms with van der Waals surface area (Å²) in [6.07, 6.45) is 6.49. The molecule has 1 amide bonds. The van der Waals surface area contributed by atoms with Crippen LogP contribution in [0.4, 0.5) is 0 Å². The Morgan fingerprint density at radius 3 is 2.75 bits per heavy atom. The third-order valence-electron chi connectivity index (χ3n) is 6.40. The highest BCUT2D eigenvalue weighted by atomic mass is 16.5. The number of fused-ring (bicyclic) bond motifs is 1. The lowest BCUT2D eigenvalue weighted by atomic mass is 9.98. The summed E-state index contributed by atoms with van der Waals surface area (Å²) in [6.45, 7) is 5.40. The summed E-state index contributed by atoms with van der Waals surface area (Å²) >= 11 is 0. The zero-order valence-electron chi connectivity index (χ0n) is 20.7. The third kappa shape index (κ3) is 5.67. The van der Waals surface area contributed by atoms with E-state index in [1.165, 1.54) is 6.33 Å². The lowest BCUT2D eigenvalue weighted by Gasteiger charge is -2.37. The molecule has 3 aromatic rings. The topological polar surface area (TPSA) is 115 Å². The van der Waals surface area contributed by atoms with E-state index in [0.29, 0.717) is 36.3 Å². The SMILES string of the molecule is C[C@H]1CN([C@@H](C)CO)C(=O)c2cc(-c3cccc(C#N)c3)cnc2O[C@H]1CN(C)Cc1cncnc1. The average Bonchev–Trinajstić information content (AvgIpc) is 2.90. The van der Waals surface area contributed by atoms with E-state index in [0.717, 1.165) is 11.1 Å². The number of nitrogens with zero attached hydrogens (tertiary/aromatic N) is 6. The van der Waals surface area contributed by atoms with Gasteiger partial charge in [-0.05, 0) is 37.7 Å². The number of likely N-dealkylation sites (N-methyl/N-ethyl adjacent to an activating group) is 1. The number of amides is 1. The summed E-state index contributed by atoms with van der Waals surface area (Å²) < 4.78 is 6.38. The maximum Gasteiger partial charge on any atom is 0.259 e. The molecule has 0 aliphatic carbocycles. The van der Waals surface area contributed by atoms with Gasteiger partial charge in [0.2, 0.25) is 5.88 Å². The Morgan fingerprint density at radius 2 is 2.03 bits per heavy atom. The van der Waals surface area contributed by atoms with Crippen LogP contribution in [0.3, 0.4) is 0 Å². The summed E-state index contributed by atoms with van der Waals surface area (Å²) in [7, 11) is 2.00. The fourth-order valence-corrected chi connectivity index (χ4v) is 4.34. The number of carbonyl (C=O) groups is 1. The van der Waals surface area contributed by atoms with Gasteiger partial charge in [-0.1, -0.05) is 19.1 Å². The van der Waals surface area contributed by atoms with Crippen LogP contribution in [0.15, 0.2) is 55.2 Å². The molecule has 0 radical (unpaired) electrons. The van der Waals surface area contributed by atoms with Gasteiger partial charge >= 0.3 is 0 Å². The molecule has 186 valence electrons. The smallest absolute Gasteiger partial charge is 0.259 e. The molecule has 0 unspecified atom stereocenters. The second-order valence-electron chi connectivity index (χ2n) is 9.34. The lowest BCUT2D eigenvalue weighted by Crippen LogP contribution is -2.49. The minimum absolute atomic E-state index is 0.0145. The van der Waals surface area contributed by atoms with Crippen LogP contribution < -0.4 is 4.74 Å². The lowest BCUT2D eigenvalue weighted by molar-refractivity contribution is 0.0325. The van der Waals surface area contributed by atoms with Crippen molar-refractivity contribution in [3.05, 3.63) is 71.9 Å². The maximum absolute atomic E-state index is 13.6. The minimum Gasteiger partial charge on any atom is -0.472 e. The molecule has 0 spiro atoms. The Labute approximate surface area is 211 Å². The average molecular weight is 487 g/mol. The summed E-state index contributed by atoms with van der Waals surface area (Å²) in [6, 6.07) is 10.7. The number of aliphatic hydroxyl groups excluding tert-OH is 1. The summed E-state index contributed by atoms with van der Waals surface area (Å²) in [5, 5.41) is 19.1. The van der Waals surface area contributed by atoms with Gasteiger partial charge in [0.15, 0.2) is 0 Å². The Morgan fingerprint density at radius 1 is 1.25 bits per heavy atom. The molecule has 3 heterocycles. The Kier molecular flexibility index (Phi) is 7.88. The number of pyridine rings is 1. The van der Waals surface area contributed by atoms with E-state index < -0.39 is 0 Å². The first kappa shape index (κ1) is 25.2. The van der Waals surface area contributed by atoms with E-state index in [4.69, 9.17) is 4.74 Å². The summed E-state index contributed by atoms with van der Waals surface area (Å²) in [5.74, 6) is 0.0140. The first-order chi connectivity index (χ1) is 17.4. The van der Waals surface area contributed by atoms with Crippen LogP contribution in [0.25, 0.3) is 11.1 Å². The van der Waals surface area contributed by atoms with Gasteiger partial charge in [0, 0.05) is 55.3 Å². The number of aromatic nitrogens is 3. The standard InChI is InChI=1S/C27H30N6O3/c1-18-13-33(19(2)16-34)27(35)24-8-23(22-6-4-5-20(7-22)9-28)12-31-26(24)36-25(18)15-32(3)14-21-10-29-17-30-11-21/h4-8,10-12,17-19,25,34H,13-16H2,1-3H3/t18-,19-,25-/m0/s1. The first-order valence-corrected chi connectivity index (χ1v) is 11.9. The number of nitriles is 1. The number of hydrogen-bond donors (Lipinski definition) is 1. The van der Waals surface area contributed by atoms with Gasteiger partial charge in [-0.15, -0.1) is 0 Å². The highest BCUT2D eigenvalue weighted by molar-refractivity contribution is 5.98. The highest BCUT2D eigenvalue weighted by Crippen LogP contribution is 2.30. The molecular weight excluding hydrogens is 456 g/mol. The van der Waals surface area contributed by atoms with Crippen molar-refractivity contribution in [2.24, 2.45) is 5.92 Å². The van der Waals surface area contributed by atoms with Gasteiger partial charge in [0.1, 0.15) is 18.0 Å². The molecule has 2 aromatic heterocycles. The number of carbonyl (C=O) groups excluding carboxylic acids is 1. The fraction of sp³-hybridized carbons (Fsp3) is 0.370. The van der Waals surface area contributed by atoms with Crippen molar-refractivity contribution in [2.75, 3.05) is 26.7 Å². The van der Waals surface area contributed by atoms with E-state index in [1.807, 2.05) is 27.0 Å². The second kappa shape index (κ2) is 11.2. The molecule has 1 aromatic carbocycles. The molecule has 9 nitrogen and oxygen atoms in total. The number of rotatable bonds is 7. The van der Waals surface area contributed by atoms with Crippen LogP contribution in [0.2, 0.25) is 0 Å². The molecular formula is C27H30N6O3. The number of hydrogen-bond acceptors (Lipinski definition) is 8. The van der Waals surface area contributed by atoms with E-state index in [-0.39, 0.29) is 36.5 Å². The van der Waals surface area contributed by atoms with Gasteiger partial charge in [-0.3, -0.25) is 9.69 Å². The van der Waals surface area contributed by atoms with Gasteiger partial charge in [-0.25, -0.2) is 15.0 Å². The van der Waals surface area contributed by atoms with Crippen LogP contribution in [-0.2, 0) is 6.54 Å². The van der Waals surface area contributed by atoms with Crippen molar-refractivity contribution in [2.45, 2.75) is 32.5 Å². The van der Waals surface area contributed by atoms with Crippen molar-refractivity contribution >= 4 is 5.91 Å². The number of benzene rings is 1. The third-order valence-corrected chi connectivity index (χ3v) is 6.40.